The molecule has 2 aromatic carbocycles. The van der Waals surface area contributed by atoms with Crippen LogP contribution in [0.4, 0.5) is 0 Å². The largest absolute Gasteiger partial charge is 0.320 e. The first-order valence-corrected chi connectivity index (χ1v) is 7.16. The van der Waals surface area contributed by atoms with Crippen molar-refractivity contribution >= 4 is 0 Å². The Morgan fingerprint density at radius 1 is 1.00 bits per heavy atom. The van der Waals surface area contributed by atoms with E-state index in [4.69, 9.17) is 5.73 Å². The molecule has 1 fully saturated rings. The highest BCUT2D eigenvalue weighted by molar-refractivity contribution is 5.36. The molecule has 0 heterocycles. The van der Waals surface area contributed by atoms with Gasteiger partial charge in [-0.1, -0.05) is 60.5 Å². The molecule has 19 heavy (non-hydrogen) atoms. The van der Waals surface area contributed by atoms with Crippen molar-refractivity contribution in [2.75, 3.05) is 0 Å². The molecule has 0 saturated heterocycles. The molecule has 1 heteroatoms. The van der Waals surface area contributed by atoms with Gasteiger partial charge in [0.05, 0.1) is 6.04 Å². The standard InChI is InChI=1S/C18H21N/c1-13-5-2-9-16(11-13)18(19)17-10-4-8-15(12-17)14-6-3-7-14/h2,4-5,8-12,14,18H,3,6-7,19H2,1H3. The summed E-state index contributed by atoms with van der Waals surface area (Å²) < 4.78 is 0. The molecule has 1 aliphatic carbocycles. The van der Waals surface area contributed by atoms with Gasteiger partial charge in [0.25, 0.3) is 0 Å². The van der Waals surface area contributed by atoms with Crippen LogP contribution in [0.1, 0.15) is 53.5 Å². The Balaban J connectivity index is 1.88. The van der Waals surface area contributed by atoms with Crippen LogP contribution >= 0.6 is 0 Å². The zero-order valence-electron chi connectivity index (χ0n) is 11.5. The van der Waals surface area contributed by atoms with Gasteiger partial charge < -0.3 is 5.73 Å². The number of benzene rings is 2. The van der Waals surface area contributed by atoms with Crippen LogP contribution in [0.5, 0.6) is 0 Å². The smallest absolute Gasteiger partial charge is 0.0551 e. The van der Waals surface area contributed by atoms with Crippen molar-refractivity contribution in [3.63, 3.8) is 0 Å². The molecular formula is C18H21N. The minimum Gasteiger partial charge on any atom is -0.320 e. The number of hydrogen-bond donors (Lipinski definition) is 1. The summed E-state index contributed by atoms with van der Waals surface area (Å²) in [5.74, 6) is 0.768. The van der Waals surface area contributed by atoms with E-state index in [1.54, 1.807) is 0 Å². The van der Waals surface area contributed by atoms with Crippen LogP contribution in [0.25, 0.3) is 0 Å². The maximum absolute atomic E-state index is 6.41. The lowest BCUT2D eigenvalue weighted by molar-refractivity contribution is 0.419. The fraction of sp³-hybridized carbons (Fsp3) is 0.333. The second-order valence-electron chi connectivity index (χ2n) is 5.69. The first-order valence-electron chi connectivity index (χ1n) is 7.16. The normalized spacial score (nSPS) is 16.9. The number of rotatable bonds is 3. The highest BCUT2D eigenvalue weighted by Gasteiger charge is 2.20. The quantitative estimate of drug-likeness (QED) is 0.864. The predicted molar refractivity (Wildman–Crippen MR) is 80.2 cm³/mol. The first kappa shape index (κ1) is 12.4. The zero-order valence-corrected chi connectivity index (χ0v) is 11.5. The van der Waals surface area contributed by atoms with Gasteiger partial charge >= 0.3 is 0 Å². The fourth-order valence-corrected chi connectivity index (χ4v) is 2.80. The van der Waals surface area contributed by atoms with E-state index in [9.17, 15) is 0 Å². The Morgan fingerprint density at radius 2 is 1.68 bits per heavy atom. The predicted octanol–water partition coefficient (Wildman–Crippen LogP) is 4.31. The lowest BCUT2D eigenvalue weighted by Crippen LogP contribution is -2.14. The third-order valence-electron chi connectivity index (χ3n) is 4.25. The molecule has 1 saturated carbocycles. The number of nitrogens with two attached hydrogens (primary N) is 1. The van der Waals surface area contributed by atoms with Gasteiger partial charge in [-0.15, -0.1) is 0 Å². The van der Waals surface area contributed by atoms with Crippen LogP contribution in [0.15, 0.2) is 48.5 Å². The van der Waals surface area contributed by atoms with Crippen LogP contribution in [-0.2, 0) is 0 Å². The second-order valence-corrected chi connectivity index (χ2v) is 5.69. The molecule has 0 spiro atoms. The second kappa shape index (κ2) is 5.18. The molecule has 0 bridgehead atoms. The molecule has 0 aliphatic heterocycles. The van der Waals surface area contributed by atoms with E-state index in [1.807, 2.05) is 0 Å². The minimum atomic E-state index is -0.0140. The van der Waals surface area contributed by atoms with Gasteiger partial charge in [-0.25, -0.2) is 0 Å². The third kappa shape index (κ3) is 2.57. The third-order valence-corrected chi connectivity index (χ3v) is 4.25. The molecule has 3 rings (SSSR count). The van der Waals surface area contributed by atoms with E-state index in [1.165, 1.54) is 41.5 Å². The van der Waals surface area contributed by atoms with Gasteiger partial charge in [-0.05, 0) is 42.4 Å². The molecule has 0 aromatic heterocycles. The zero-order chi connectivity index (χ0) is 13.2. The van der Waals surface area contributed by atoms with Crippen molar-refractivity contribution in [1.29, 1.82) is 0 Å². The maximum atomic E-state index is 6.41. The average Bonchev–Trinajstić information content (AvgIpc) is 2.36. The van der Waals surface area contributed by atoms with E-state index in [0.29, 0.717) is 0 Å². The van der Waals surface area contributed by atoms with Crippen molar-refractivity contribution in [3.05, 3.63) is 70.8 Å². The number of hydrogen-bond acceptors (Lipinski definition) is 1. The van der Waals surface area contributed by atoms with Crippen LogP contribution in [0.3, 0.4) is 0 Å². The maximum Gasteiger partial charge on any atom is 0.0551 e. The lowest BCUT2D eigenvalue weighted by atomic mass is 9.79. The lowest BCUT2D eigenvalue weighted by Gasteiger charge is -2.26. The Kier molecular flexibility index (Phi) is 3.39. The minimum absolute atomic E-state index is 0.0140. The van der Waals surface area contributed by atoms with Crippen LogP contribution in [-0.4, -0.2) is 0 Å². The molecule has 2 N–H and O–H groups in total. The van der Waals surface area contributed by atoms with E-state index in [0.717, 1.165) is 5.92 Å². The van der Waals surface area contributed by atoms with Gasteiger partial charge in [0, 0.05) is 0 Å². The Labute approximate surface area is 115 Å². The Morgan fingerprint density at radius 3 is 2.32 bits per heavy atom. The summed E-state index contributed by atoms with van der Waals surface area (Å²) in [7, 11) is 0. The number of aryl methyl sites for hydroxylation is 1. The fourth-order valence-electron chi connectivity index (χ4n) is 2.80. The summed E-state index contributed by atoms with van der Waals surface area (Å²) in [6, 6.07) is 17.3. The summed E-state index contributed by atoms with van der Waals surface area (Å²) in [5.41, 5.74) is 11.6. The van der Waals surface area contributed by atoms with Crippen molar-refractivity contribution in [2.45, 2.75) is 38.1 Å². The summed E-state index contributed by atoms with van der Waals surface area (Å²) in [6.07, 6.45) is 4.05. The van der Waals surface area contributed by atoms with Crippen molar-refractivity contribution in [2.24, 2.45) is 5.73 Å². The van der Waals surface area contributed by atoms with Gasteiger partial charge in [-0.3, -0.25) is 0 Å². The van der Waals surface area contributed by atoms with E-state index >= 15 is 0 Å². The molecule has 2 aromatic rings. The SMILES string of the molecule is Cc1cccc(C(N)c2cccc(C3CCC3)c2)c1. The molecule has 1 aliphatic rings. The highest BCUT2D eigenvalue weighted by Crippen LogP contribution is 2.37. The summed E-state index contributed by atoms with van der Waals surface area (Å²) >= 11 is 0. The highest BCUT2D eigenvalue weighted by atomic mass is 14.6. The summed E-state index contributed by atoms with van der Waals surface area (Å²) in [5, 5.41) is 0. The van der Waals surface area contributed by atoms with Crippen molar-refractivity contribution in [1.82, 2.24) is 0 Å². The monoisotopic (exact) mass is 251 g/mol. The van der Waals surface area contributed by atoms with E-state index < -0.39 is 0 Å². The van der Waals surface area contributed by atoms with Gasteiger partial charge in [0.2, 0.25) is 0 Å². The topological polar surface area (TPSA) is 26.0 Å². The Hall–Kier alpha value is -1.60. The molecule has 0 radical (unpaired) electrons. The van der Waals surface area contributed by atoms with Crippen LogP contribution in [0, 0.1) is 6.92 Å². The molecule has 0 amide bonds. The molecule has 1 nitrogen and oxygen atoms in total. The van der Waals surface area contributed by atoms with E-state index in [-0.39, 0.29) is 6.04 Å². The van der Waals surface area contributed by atoms with Gasteiger partial charge in [-0.2, -0.15) is 0 Å². The Bertz CT molecular complexity index is 569. The first-order chi connectivity index (χ1) is 9.24. The molecule has 98 valence electrons. The van der Waals surface area contributed by atoms with E-state index in [2.05, 4.69) is 55.5 Å². The van der Waals surface area contributed by atoms with Crippen LogP contribution in [0.2, 0.25) is 0 Å². The van der Waals surface area contributed by atoms with Gasteiger partial charge in [0.15, 0.2) is 0 Å². The molecule has 1 unspecified atom stereocenters. The average molecular weight is 251 g/mol. The summed E-state index contributed by atoms with van der Waals surface area (Å²) in [6.45, 7) is 2.11. The van der Waals surface area contributed by atoms with Crippen LogP contribution < -0.4 is 5.73 Å². The summed E-state index contributed by atoms with van der Waals surface area (Å²) in [4.78, 5) is 0. The van der Waals surface area contributed by atoms with Gasteiger partial charge in [0.1, 0.15) is 0 Å². The van der Waals surface area contributed by atoms with Crippen molar-refractivity contribution in [3.8, 4) is 0 Å². The molecular weight excluding hydrogens is 230 g/mol. The molecule has 1 atom stereocenters. The van der Waals surface area contributed by atoms with Crippen molar-refractivity contribution < 1.29 is 0 Å².